The van der Waals surface area contributed by atoms with Gasteiger partial charge in [0.1, 0.15) is 12.1 Å². The SMILES string of the molecule is COc1cc(C(=O)Oc2cccc3ccc(C)nc23)ccc1OCc1ccc(Cl)cc1.I. The fourth-order valence-corrected chi connectivity index (χ4v) is 3.24. The fourth-order valence-electron chi connectivity index (χ4n) is 3.11. The Morgan fingerprint density at radius 1 is 0.938 bits per heavy atom. The molecule has 0 amide bonds. The van der Waals surface area contributed by atoms with Crippen LogP contribution in [0.5, 0.6) is 17.2 Å². The molecule has 0 radical (unpaired) electrons. The second kappa shape index (κ2) is 10.7. The number of ether oxygens (including phenoxy) is 3. The number of para-hydroxylation sites is 1. The minimum Gasteiger partial charge on any atom is -0.493 e. The zero-order chi connectivity index (χ0) is 21.8. The number of pyridine rings is 1. The van der Waals surface area contributed by atoms with Crippen LogP contribution >= 0.6 is 35.6 Å². The number of aryl methyl sites for hydroxylation is 1. The fraction of sp³-hybridized carbons (Fsp3) is 0.120. The lowest BCUT2D eigenvalue weighted by molar-refractivity contribution is 0.0736. The minimum absolute atomic E-state index is 0. The molecule has 7 heteroatoms. The van der Waals surface area contributed by atoms with Crippen LogP contribution in [0.1, 0.15) is 21.6 Å². The number of nitrogens with zero attached hydrogens (tertiary/aromatic N) is 1. The molecule has 0 spiro atoms. The van der Waals surface area contributed by atoms with Gasteiger partial charge in [-0.25, -0.2) is 9.78 Å². The van der Waals surface area contributed by atoms with Gasteiger partial charge in [0.2, 0.25) is 0 Å². The first-order chi connectivity index (χ1) is 15.0. The number of carbonyl (C=O) groups excluding carboxylic acids is 1. The van der Waals surface area contributed by atoms with Crippen LogP contribution in [0.3, 0.4) is 0 Å². The van der Waals surface area contributed by atoms with Gasteiger partial charge in [0.15, 0.2) is 17.2 Å². The van der Waals surface area contributed by atoms with Crippen molar-refractivity contribution in [3.63, 3.8) is 0 Å². The van der Waals surface area contributed by atoms with E-state index in [9.17, 15) is 4.79 Å². The van der Waals surface area contributed by atoms with Crippen molar-refractivity contribution < 1.29 is 19.0 Å². The third kappa shape index (κ3) is 5.49. The Balaban J connectivity index is 0.00000289. The number of hydrogen-bond donors (Lipinski definition) is 0. The maximum Gasteiger partial charge on any atom is 0.343 e. The molecule has 0 aliphatic heterocycles. The first-order valence-electron chi connectivity index (χ1n) is 9.67. The Morgan fingerprint density at radius 3 is 2.47 bits per heavy atom. The molecule has 0 atom stereocenters. The lowest BCUT2D eigenvalue weighted by Gasteiger charge is -2.13. The number of rotatable bonds is 6. The standard InChI is InChI=1S/C25H20ClNO4.HI/c1-16-6-9-18-4-3-5-22(24(18)27-16)31-25(28)19-10-13-21(23(14-19)29-2)30-15-17-7-11-20(26)12-8-17;/h3-14H,15H2,1-2H3;1H. The van der Waals surface area contributed by atoms with E-state index in [1.807, 2.05) is 43.3 Å². The highest BCUT2D eigenvalue weighted by atomic mass is 127. The van der Waals surface area contributed by atoms with E-state index >= 15 is 0 Å². The predicted molar refractivity (Wildman–Crippen MR) is 136 cm³/mol. The highest BCUT2D eigenvalue weighted by molar-refractivity contribution is 14.0. The summed E-state index contributed by atoms with van der Waals surface area (Å²) in [6.07, 6.45) is 0. The molecule has 0 saturated heterocycles. The minimum atomic E-state index is -0.502. The first-order valence-corrected chi connectivity index (χ1v) is 10.0. The maximum atomic E-state index is 12.8. The molecule has 1 heterocycles. The van der Waals surface area contributed by atoms with Crippen molar-refractivity contribution in [2.45, 2.75) is 13.5 Å². The summed E-state index contributed by atoms with van der Waals surface area (Å²) < 4.78 is 16.9. The van der Waals surface area contributed by atoms with Crippen LogP contribution in [-0.2, 0) is 6.61 Å². The molecule has 1 aromatic heterocycles. The number of halogens is 2. The smallest absolute Gasteiger partial charge is 0.343 e. The molecule has 0 aliphatic rings. The normalized spacial score (nSPS) is 10.3. The van der Waals surface area contributed by atoms with Gasteiger partial charge in [0, 0.05) is 16.1 Å². The van der Waals surface area contributed by atoms with Crippen LogP contribution in [0.2, 0.25) is 5.02 Å². The Bertz CT molecular complexity index is 1240. The van der Waals surface area contributed by atoms with Crippen LogP contribution in [0.15, 0.2) is 72.8 Å². The van der Waals surface area contributed by atoms with Crippen molar-refractivity contribution in [3.05, 3.63) is 94.6 Å². The van der Waals surface area contributed by atoms with Gasteiger partial charge in [-0.2, -0.15) is 0 Å². The molecule has 0 fully saturated rings. The van der Waals surface area contributed by atoms with Gasteiger partial charge in [0.25, 0.3) is 0 Å². The molecule has 0 N–H and O–H groups in total. The molecular formula is C25H21ClINO4. The molecule has 4 rings (SSSR count). The highest BCUT2D eigenvalue weighted by Gasteiger charge is 2.15. The lowest BCUT2D eigenvalue weighted by Crippen LogP contribution is -2.09. The summed E-state index contributed by atoms with van der Waals surface area (Å²) in [5.41, 5.74) is 2.81. The zero-order valence-electron chi connectivity index (χ0n) is 17.5. The Labute approximate surface area is 208 Å². The molecule has 32 heavy (non-hydrogen) atoms. The zero-order valence-corrected chi connectivity index (χ0v) is 20.6. The number of benzene rings is 3. The monoisotopic (exact) mass is 561 g/mol. The summed E-state index contributed by atoms with van der Waals surface area (Å²) >= 11 is 5.91. The molecule has 164 valence electrons. The van der Waals surface area contributed by atoms with Crippen molar-refractivity contribution in [1.82, 2.24) is 4.98 Å². The Kier molecular flexibility index (Phi) is 7.93. The summed E-state index contributed by atoms with van der Waals surface area (Å²) in [4.78, 5) is 17.3. The van der Waals surface area contributed by atoms with Gasteiger partial charge in [-0.3, -0.25) is 0 Å². The number of esters is 1. The van der Waals surface area contributed by atoms with Crippen molar-refractivity contribution in [3.8, 4) is 17.2 Å². The van der Waals surface area contributed by atoms with Crippen LogP contribution in [0.4, 0.5) is 0 Å². The number of hydrogen-bond acceptors (Lipinski definition) is 5. The molecule has 4 aromatic rings. The maximum absolute atomic E-state index is 12.8. The van der Waals surface area contributed by atoms with E-state index in [4.69, 9.17) is 25.8 Å². The summed E-state index contributed by atoms with van der Waals surface area (Å²) in [5, 5.41) is 1.57. The first kappa shape index (κ1) is 23.8. The molecule has 0 bridgehead atoms. The van der Waals surface area contributed by atoms with E-state index in [-0.39, 0.29) is 24.0 Å². The second-order valence-corrected chi connectivity index (χ2v) is 7.39. The molecule has 3 aromatic carbocycles. The lowest BCUT2D eigenvalue weighted by atomic mass is 10.2. The Hall–Kier alpha value is -2.84. The van der Waals surface area contributed by atoms with E-state index in [1.165, 1.54) is 7.11 Å². The van der Waals surface area contributed by atoms with Crippen molar-refractivity contribution in [2.75, 3.05) is 7.11 Å². The van der Waals surface area contributed by atoms with Crippen molar-refractivity contribution in [1.29, 1.82) is 0 Å². The largest absolute Gasteiger partial charge is 0.493 e. The van der Waals surface area contributed by atoms with E-state index in [2.05, 4.69) is 4.98 Å². The average Bonchev–Trinajstić information content (AvgIpc) is 2.79. The topological polar surface area (TPSA) is 57.7 Å². The number of fused-ring (bicyclic) bond motifs is 1. The summed E-state index contributed by atoms with van der Waals surface area (Å²) in [6.45, 7) is 2.24. The van der Waals surface area contributed by atoms with E-state index in [0.29, 0.717) is 40.0 Å². The molecular weight excluding hydrogens is 541 g/mol. The van der Waals surface area contributed by atoms with Crippen LogP contribution in [-0.4, -0.2) is 18.1 Å². The van der Waals surface area contributed by atoms with Gasteiger partial charge in [0.05, 0.1) is 12.7 Å². The molecule has 0 saturated carbocycles. The van der Waals surface area contributed by atoms with Gasteiger partial charge in [-0.05, 0) is 55.0 Å². The van der Waals surface area contributed by atoms with Crippen molar-refractivity contribution in [2.24, 2.45) is 0 Å². The van der Waals surface area contributed by atoms with Gasteiger partial charge in [-0.15, -0.1) is 24.0 Å². The van der Waals surface area contributed by atoms with Gasteiger partial charge in [-0.1, -0.05) is 41.9 Å². The van der Waals surface area contributed by atoms with Gasteiger partial charge >= 0.3 is 5.97 Å². The van der Waals surface area contributed by atoms with Crippen molar-refractivity contribution >= 4 is 52.4 Å². The second-order valence-electron chi connectivity index (χ2n) is 6.95. The van der Waals surface area contributed by atoms with Crippen LogP contribution < -0.4 is 14.2 Å². The van der Waals surface area contributed by atoms with E-state index in [0.717, 1.165) is 16.6 Å². The third-order valence-electron chi connectivity index (χ3n) is 4.73. The summed E-state index contributed by atoms with van der Waals surface area (Å²) in [6, 6.07) is 21.7. The summed E-state index contributed by atoms with van der Waals surface area (Å²) in [7, 11) is 1.52. The molecule has 0 aliphatic carbocycles. The van der Waals surface area contributed by atoms with Crippen LogP contribution in [0.25, 0.3) is 10.9 Å². The predicted octanol–water partition coefficient (Wildman–Crippen LogP) is 6.62. The number of aromatic nitrogens is 1. The van der Waals surface area contributed by atoms with Crippen LogP contribution in [0, 0.1) is 6.92 Å². The Morgan fingerprint density at radius 2 is 1.72 bits per heavy atom. The van der Waals surface area contributed by atoms with E-state index < -0.39 is 5.97 Å². The van der Waals surface area contributed by atoms with Gasteiger partial charge < -0.3 is 14.2 Å². The average molecular weight is 562 g/mol. The summed E-state index contributed by atoms with van der Waals surface area (Å²) in [5.74, 6) is 0.873. The van der Waals surface area contributed by atoms with E-state index in [1.54, 1.807) is 36.4 Å². The molecule has 0 unspecified atom stereocenters. The third-order valence-corrected chi connectivity index (χ3v) is 4.98. The quantitative estimate of drug-likeness (QED) is 0.150. The number of methoxy groups -OCH3 is 1. The highest BCUT2D eigenvalue weighted by Crippen LogP contribution is 2.30. The molecule has 5 nitrogen and oxygen atoms in total. The number of carbonyl (C=O) groups is 1.